The zero-order chi connectivity index (χ0) is 20.3. The lowest BCUT2D eigenvalue weighted by molar-refractivity contribution is 0.185. The van der Waals surface area contributed by atoms with E-state index in [-0.39, 0.29) is 12.3 Å². The predicted octanol–water partition coefficient (Wildman–Crippen LogP) is 4.85. The quantitative estimate of drug-likeness (QED) is 0.260. The number of nitrogen functional groups attached to an aromatic ring is 1. The molecule has 1 aromatic heterocycles. The molecule has 9 heteroatoms. The average Bonchev–Trinajstić information content (AvgIpc) is 2.67. The molecule has 3 aromatic rings. The van der Waals surface area contributed by atoms with Crippen LogP contribution < -0.4 is 11.3 Å². The van der Waals surface area contributed by atoms with E-state index in [1.54, 1.807) is 19.1 Å². The Morgan fingerprint density at radius 1 is 1.25 bits per heavy atom. The molecular weight excluding hydrogens is 443 g/mol. The average molecular weight is 465 g/mol. The number of anilines is 1. The summed E-state index contributed by atoms with van der Waals surface area (Å²) in [6.45, 7) is 3.69. The molecule has 7 nitrogen and oxygen atoms in total. The minimum absolute atomic E-state index is 0.0418. The molecule has 0 saturated heterocycles. The number of hydrogen-bond donors (Lipinski definition) is 3. The van der Waals surface area contributed by atoms with Gasteiger partial charge in [-0.3, -0.25) is 4.57 Å². The monoisotopic (exact) mass is 464 g/mol. The lowest BCUT2D eigenvalue weighted by Gasteiger charge is -2.16. The number of benzene rings is 2. The molecule has 148 valence electrons. The van der Waals surface area contributed by atoms with Crippen molar-refractivity contribution in [1.82, 2.24) is 9.97 Å². The standard InChI is InChI=1S/C19H22BrN4O3P/c1-3-12(2)27-28(25,26)11-13-4-6-14(7-5-13)18-22-17-9-8-15(20)10-16(17)19(23-18)24-21/h4-10,12H,3,11,21H2,1-2H3,(H,25,26)(H,22,23,24). The number of halogens is 1. The summed E-state index contributed by atoms with van der Waals surface area (Å²) in [5.74, 6) is 6.66. The highest BCUT2D eigenvalue weighted by Crippen LogP contribution is 2.47. The van der Waals surface area contributed by atoms with Crippen molar-refractivity contribution in [3.8, 4) is 11.4 Å². The van der Waals surface area contributed by atoms with Crippen LogP contribution in [0.2, 0.25) is 0 Å². The van der Waals surface area contributed by atoms with Crippen LogP contribution in [0.1, 0.15) is 25.8 Å². The van der Waals surface area contributed by atoms with Gasteiger partial charge in [0.2, 0.25) is 0 Å². The Morgan fingerprint density at radius 2 is 1.96 bits per heavy atom. The molecular formula is C19H22BrN4O3P. The van der Waals surface area contributed by atoms with Gasteiger partial charge in [-0.2, -0.15) is 0 Å². The van der Waals surface area contributed by atoms with E-state index in [4.69, 9.17) is 10.4 Å². The SMILES string of the molecule is CCC(C)OP(=O)(O)Cc1ccc(-c2nc(NN)c3cc(Br)ccc3n2)cc1. The van der Waals surface area contributed by atoms with Gasteiger partial charge in [0, 0.05) is 15.4 Å². The number of hydrazine groups is 1. The molecule has 0 aliphatic heterocycles. The third-order valence-corrected chi connectivity index (χ3v) is 6.26. The second kappa shape index (κ2) is 8.68. The summed E-state index contributed by atoms with van der Waals surface area (Å²) >= 11 is 3.43. The van der Waals surface area contributed by atoms with E-state index in [0.717, 1.165) is 20.9 Å². The van der Waals surface area contributed by atoms with Gasteiger partial charge in [0.05, 0.1) is 17.8 Å². The maximum atomic E-state index is 12.2. The summed E-state index contributed by atoms with van der Waals surface area (Å²) in [6, 6.07) is 12.9. The zero-order valence-electron chi connectivity index (χ0n) is 15.6. The van der Waals surface area contributed by atoms with Crippen molar-refractivity contribution in [3.05, 3.63) is 52.5 Å². The molecule has 0 aliphatic carbocycles. The van der Waals surface area contributed by atoms with Crippen LogP contribution in [0.3, 0.4) is 0 Å². The normalized spacial score (nSPS) is 14.6. The Balaban J connectivity index is 1.87. The van der Waals surface area contributed by atoms with Crippen LogP contribution in [-0.2, 0) is 15.3 Å². The van der Waals surface area contributed by atoms with Gasteiger partial charge >= 0.3 is 7.60 Å². The van der Waals surface area contributed by atoms with Crippen LogP contribution in [0.4, 0.5) is 5.82 Å². The van der Waals surface area contributed by atoms with Crippen LogP contribution >= 0.6 is 23.5 Å². The van der Waals surface area contributed by atoms with Crippen LogP contribution in [0, 0.1) is 0 Å². The van der Waals surface area contributed by atoms with Gasteiger partial charge in [0.15, 0.2) is 11.6 Å². The topological polar surface area (TPSA) is 110 Å². The number of nitrogens with two attached hydrogens (primary N) is 1. The van der Waals surface area contributed by atoms with Gasteiger partial charge < -0.3 is 14.8 Å². The molecule has 0 bridgehead atoms. The van der Waals surface area contributed by atoms with Gasteiger partial charge in [-0.05, 0) is 37.1 Å². The largest absolute Gasteiger partial charge is 0.332 e. The van der Waals surface area contributed by atoms with Gasteiger partial charge in [-0.25, -0.2) is 15.8 Å². The number of rotatable bonds is 7. The zero-order valence-corrected chi connectivity index (χ0v) is 18.1. The fraction of sp³-hybridized carbons (Fsp3) is 0.263. The number of nitrogens with zero attached hydrogens (tertiary/aromatic N) is 2. The maximum Gasteiger partial charge on any atom is 0.332 e. The van der Waals surface area contributed by atoms with Gasteiger partial charge in [0.25, 0.3) is 0 Å². The van der Waals surface area contributed by atoms with Crippen LogP contribution in [0.25, 0.3) is 22.3 Å². The highest BCUT2D eigenvalue weighted by molar-refractivity contribution is 9.10. The van der Waals surface area contributed by atoms with E-state index in [0.29, 0.717) is 23.6 Å². The highest BCUT2D eigenvalue weighted by Gasteiger charge is 2.22. The summed E-state index contributed by atoms with van der Waals surface area (Å²) in [7, 11) is -3.69. The minimum Gasteiger partial charge on any atom is -0.324 e. The first-order chi connectivity index (χ1) is 13.3. The molecule has 2 atom stereocenters. The van der Waals surface area contributed by atoms with Gasteiger partial charge in [0.1, 0.15) is 0 Å². The van der Waals surface area contributed by atoms with E-state index in [2.05, 4.69) is 31.3 Å². The second-order valence-electron chi connectivity index (χ2n) is 6.52. The van der Waals surface area contributed by atoms with Crippen molar-refractivity contribution in [1.29, 1.82) is 0 Å². The van der Waals surface area contributed by atoms with Gasteiger partial charge in [-0.1, -0.05) is 47.1 Å². The molecule has 1 heterocycles. The summed E-state index contributed by atoms with van der Waals surface area (Å²) < 4.78 is 18.4. The van der Waals surface area contributed by atoms with Crippen molar-refractivity contribution < 1.29 is 14.0 Å². The van der Waals surface area contributed by atoms with E-state index in [1.807, 2.05) is 37.3 Å². The van der Waals surface area contributed by atoms with E-state index >= 15 is 0 Å². The molecule has 3 rings (SSSR count). The predicted molar refractivity (Wildman–Crippen MR) is 115 cm³/mol. The summed E-state index contributed by atoms with van der Waals surface area (Å²) in [4.78, 5) is 19.1. The first kappa shape index (κ1) is 20.9. The summed E-state index contributed by atoms with van der Waals surface area (Å²) in [5.41, 5.74) is 4.86. The third-order valence-electron chi connectivity index (χ3n) is 4.31. The number of aromatic nitrogens is 2. The Labute approximate surface area is 172 Å². The molecule has 4 N–H and O–H groups in total. The molecule has 0 fully saturated rings. The van der Waals surface area contributed by atoms with Gasteiger partial charge in [-0.15, -0.1) is 0 Å². The van der Waals surface area contributed by atoms with Crippen molar-refractivity contribution in [2.45, 2.75) is 32.5 Å². The minimum atomic E-state index is -3.69. The van der Waals surface area contributed by atoms with E-state index in [9.17, 15) is 9.46 Å². The summed E-state index contributed by atoms with van der Waals surface area (Å²) in [6.07, 6.45) is 0.375. The fourth-order valence-electron chi connectivity index (χ4n) is 2.72. The summed E-state index contributed by atoms with van der Waals surface area (Å²) in [5, 5.41) is 0.806. The van der Waals surface area contributed by atoms with Crippen molar-refractivity contribution in [2.24, 2.45) is 5.84 Å². The highest BCUT2D eigenvalue weighted by atomic mass is 79.9. The number of hydrogen-bond acceptors (Lipinski definition) is 6. The Hall–Kier alpha value is -1.83. The Bertz CT molecular complexity index is 1030. The van der Waals surface area contributed by atoms with Crippen molar-refractivity contribution >= 4 is 40.2 Å². The van der Waals surface area contributed by atoms with Crippen molar-refractivity contribution in [3.63, 3.8) is 0 Å². The number of fused-ring (bicyclic) bond motifs is 1. The Kier molecular flexibility index (Phi) is 6.47. The molecule has 0 amide bonds. The molecule has 0 aliphatic rings. The van der Waals surface area contributed by atoms with Crippen molar-refractivity contribution in [2.75, 3.05) is 5.43 Å². The maximum absolute atomic E-state index is 12.2. The first-order valence-corrected chi connectivity index (χ1v) is 11.4. The lowest BCUT2D eigenvalue weighted by Crippen LogP contribution is -2.10. The van der Waals surface area contributed by atoms with Crippen LogP contribution in [-0.4, -0.2) is 21.0 Å². The lowest BCUT2D eigenvalue weighted by atomic mass is 10.1. The Morgan fingerprint density at radius 3 is 2.61 bits per heavy atom. The smallest absolute Gasteiger partial charge is 0.324 e. The molecule has 2 unspecified atom stereocenters. The molecule has 2 aromatic carbocycles. The number of nitrogens with one attached hydrogen (secondary N) is 1. The molecule has 0 saturated carbocycles. The van der Waals surface area contributed by atoms with Crippen LogP contribution in [0.5, 0.6) is 0 Å². The van der Waals surface area contributed by atoms with Crippen LogP contribution in [0.15, 0.2) is 46.9 Å². The molecule has 0 spiro atoms. The third kappa shape index (κ3) is 4.96. The second-order valence-corrected chi connectivity index (χ2v) is 9.24. The van der Waals surface area contributed by atoms with E-state index < -0.39 is 7.60 Å². The van der Waals surface area contributed by atoms with E-state index in [1.165, 1.54) is 0 Å². The molecule has 0 radical (unpaired) electrons. The first-order valence-electron chi connectivity index (χ1n) is 8.84. The molecule has 28 heavy (non-hydrogen) atoms. The fourth-order valence-corrected chi connectivity index (χ4v) is 4.54.